The molecule has 2 aromatic carbocycles. The Morgan fingerprint density at radius 2 is 1.88 bits per heavy atom. The highest BCUT2D eigenvalue weighted by Crippen LogP contribution is 2.34. The Hall–Kier alpha value is -3.35. The van der Waals surface area contributed by atoms with E-state index in [1.165, 1.54) is 4.90 Å². The van der Waals surface area contributed by atoms with E-state index in [2.05, 4.69) is 6.07 Å². The maximum Gasteiger partial charge on any atom is 0.407 e. The number of amides is 2. The van der Waals surface area contributed by atoms with Gasteiger partial charge in [0.05, 0.1) is 7.11 Å². The minimum atomic E-state index is -0.958. The van der Waals surface area contributed by atoms with Gasteiger partial charge in [-0.1, -0.05) is 12.1 Å². The number of carbonyl (C=O) groups is 3. The number of rotatable bonds is 10. The minimum absolute atomic E-state index is 0.0531. The summed E-state index contributed by atoms with van der Waals surface area (Å²) in [6.07, 6.45) is 3.07. The molecule has 0 bridgehead atoms. The van der Waals surface area contributed by atoms with Gasteiger partial charge in [0, 0.05) is 38.7 Å². The van der Waals surface area contributed by atoms with Crippen LogP contribution in [0.1, 0.15) is 37.3 Å². The van der Waals surface area contributed by atoms with Crippen LogP contribution in [-0.2, 0) is 22.4 Å². The minimum Gasteiger partial charge on any atom is -0.496 e. The van der Waals surface area contributed by atoms with Crippen LogP contribution in [0.15, 0.2) is 36.4 Å². The monoisotopic (exact) mass is 438 g/mol. The molecule has 0 fully saturated rings. The number of unbranched alkanes of at least 4 members (excludes halogenated alkanes) is 2. The summed E-state index contributed by atoms with van der Waals surface area (Å²) in [5, 5.41) is 9.51. The van der Waals surface area contributed by atoms with Crippen LogP contribution in [0.25, 0.3) is 11.1 Å². The summed E-state index contributed by atoms with van der Waals surface area (Å²) < 4.78 is 5.51. The average molecular weight is 439 g/mol. The van der Waals surface area contributed by atoms with Gasteiger partial charge in [-0.3, -0.25) is 4.79 Å². The molecule has 0 aromatic heterocycles. The van der Waals surface area contributed by atoms with Crippen LogP contribution in [0, 0.1) is 0 Å². The molecule has 0 radical (unpaired) electrons. The molecule has 3 rings (SSSR count). The van der Waals surface area contributed by atoms with Crippen molar-refractivity contribution in [3.05, 3.63) is 47.5 Å². The number of methoxy groups -OCH3 is 1. The standard InChI is InChI=1S/C25H30N2O5/c1-18(29)27-14-11-21-16-19(6-8-23(21)27)20-7-9-24(32-2)22(17-20)10-13-26(25(30)31)12-4-3-5-15-28/h6-9,15-17H,3-5,10-14H2,1-2H3,(H,30,31). The first-order valence-corrected chi connectivity index (χ1v) is 10.9. The number of ether oxygens (including phenoxy) is 1. The third kappa shape index (κ3) is 5.46. The second kappa shape index (κ2) is 10.8. The molecule has 1 heterocycles. The van der Waals surface area contributed by atoms with E-state index in [4.69, 9.17) is 4.74 Å². The first kappa shape index (κ1) is 23.3. The molecule has 2 amide bonds. The van der Waals surface area contributed by atoms with Gasteiger partial charge in [0.1, 0.15) is 12.0 Å². The molecule has 32 heavy (non-hydrogen) atoms. The van der Waals surface area contributed by atoms with Crippen molar-refractivity contribution in [2.45, 2.75) is 39.0 Å². The van der Waals surface area contributed by atoms with E-state index in [1.807, 2.05) is 30.3 Å². The lowest BCUT2D eigenvalue weighted by Gasteiger charge is -2.20. The van der Waals surface area contributed by atoms with Crippen molar-refractivity contribution >= 4 is 24.0 Å². The van der Waals surface area contributed by atoms with E-state index in [1.54, 1.807) is 18.9 Å². The van der Waals surface area contributed by atoms with E-state index in [9.17, 15) is 19.5 Å². The average Bonchev–Trinajstić information content (AvgIpc) is 3.21. The van der Waals surface area contributed by atoms with Crippen LogP contribution in [0.5, 0.6) is 5.75 Å². The molecule has 170 valence electrons. The van der Waals surface area contributed by atoms with Gasteiger partial charge < -0.3 is 24.4 Å². The van der Waals surface area contributed by atoms with Gasteiger partial charge in [-0.2, -0.15) is 0 Å². The number of aldehydes is 1. The third-order valence-electron chi connectivity index (χ3n) is 5.89. The maximum absolute atomic E-state index is 11.8. The Morgan fingerprint density at radius 3 is 2.56 bits per heavy atom. The van der Waals surface area contributed by atoms with Crippen molar-refractivity contribution < 1.29 is 24.2 Å². The predicted molar refractivity (Wildman–Crippen MR) is 123 cm³/mol. The molecule has 0 aliphatic carbocycles. The third-order valence-corrected chi connectivity index (χ3v) is 5.89. The van der Waals surface area contributed by atoms with Crippen LogP contribution in [0.2, 0.25) is 0 Å². The molecular weight excluding hydrogens is 408 g/mol. The zero-order valence-electron chi connectivity index (χ0n) is 18.7. The normalized spacial score (nSPS) is 12.4. The Kier molecular flexibility index (Phi) is 7.87. The molecule has 7 nitrogen and oxygen atoms in total. The van der Waals surface area contributed by atoms with Gasteiger partial charge in [-0.15, -0.1) is 0 Å². The largest absolute Gasteiger partial charge is 0.496 e. The van der Waals surface area contributed by atoms with Gasteiger partial charge in [0.25, 0.3) is 0 Å². The van der Waals surface area contributed by atoms with Gasteiger partial charge in [0.2, 0.25) is 5.91 Å². The molecule has 0 saturated carbocycles. The quantitative estimate of drug-likeness (QED) is 0.445. The highest BCUT2D eigenvalue weighted by Gasteiger charge is 2.22. The van der Waals surface area contributed by atoms with Crippen LogP contribution >= 0.6 is 0 Å². The highest BCUT2D eigenvalue weighted by atomic mass is 16.5. The van der Waals surface area contributed by atoms with Crippen LogP contribution in [0.3, 0.4) is 0 Å². The zero-order valence-corrected chi connectivity index (χ0v) is 18.7. The van der Waals surface area contributed by atoms with Gasteiger partial charge in [-0.05, 0) is 72.2 Å². The Bertz CT molecular complexity index is 988. The molecule has 1 aliphatic heterocycles. The first-order chi connectivity index (χ1) is 15.4. The topological polar surface area (TPSA) is 87.2 Å². The van der Waals surface area contributed by atoms with Crippen molar-refractivity contribution in [2.24, 2.45) is 0 Å². The number of fused-ring (bicyclic) bond motifs is 1. The molecule has 1 N–H and O–H groups in total. The maximum atomic E-state index is 11.8. The molecule has 0 spiro atoms. The summed E-state index contributed by atoms with van der Waals surface area (Å²) in [7, 11) is 1.61. The number of hydrogen-bond donors (Lipinski definition) is 1. The molecular formula is C25H30N2O5. The van der Waals surface area contributed by atoms with Gasteiger partial charge in [0.15, 0.2) is 0 Å². The lowest BCUT2D eigenvalue weighted by atomic mass is 9.98. The van der Waals surface area contributed by atoms with Crippen molar-refractivity contribution in [1.29, 1.82) is 0 Å². The van der Waals surface area contributed by atoms with E-state index in [0.29, 0.717) is 45.3 Å². The second-order valence-corrected chi connectivity index (χ2v) is 7.97. The smallest absolute Gasteiger partial charge is 0.407 e. The zero-order chi connectivity index (χ0) is 23.1. The molecule has 1 aliphatic rings. The fraction of sp³-hybridized carbons (Fsp3) is 0.400. The SMILES string of the molecule is COc1ccc(-c2ccc3c(c2)CCN3C(C)=O)cc1CCN(CCCCC=O)C(=O)O. The fourth-order valence-electron chi connectivity index (χ4n) is 4.15. The van der Waals surface area contributed by atoms with E-state index in [0.717, 1.165) is 46.4 Å². The van der Waals surface area contributed by atoms with Crippen LogP contribution < -0.4 is 9.64 Å². The van der Waals surface area contributed by atoms with Gasteiger partial charge >= 0.3 is 6.09 Å². The summed E-state index contributed by atoms with van der Waals surface area (Å²) in [6.45, 7) is 3.05. The second-order valence-electron chi connectivity index (χ2n) is 7.97. The first-order valence-electron chi connectivity index (χ1n) is 10.9. The molecule has 0 saturated heterocycles. The van der Waals surface area contributed by atoms with Crippen molar-refractivity contribution in [3.63, 3.8) is 0 Å². The fourth-order valence-corrected chi connectivity index (χ4v) is 4.15. The molecule has 7 heteroatoms. The number of hydrogen-bond acceptors (Lipinski definition) is 4. The summed E-state index contributed by atoms with van der Waals surface area (Å²) in [4.78, 5) is 37.1. The number of benzene rings is 2. The number of carbonyl (C=O) groups excluding carboxylic acids is 2. The van der Waals surface area contributed by atoms with Gasteiger partial charge in [-0.25, -0.2) is 4.79 Å². The number of anilines is 1. The van der Waals surface area contributed by atoms with Crippen LogP contribution in [0.4, 0.5) is 10.5 Å². The summed E-state index contributed by atoms with van der Waals surface area (Å²) in [5.74, 6) is 0.779. The van der Waals surface area contributed by atoms with Crippen LogP contribution in [-0.4, -0.2) is 55.0 Å². The number of carboxylic acid groups (broad SMARTS) is 1. The van der Waals surface area contributed by atoms with Crippen molar-refractivity contribution in [2.75, 3.05) is 31.6 Å². The molecule has 2 aromatic rings. The Morgan fingerprint density at radius 1 is 1.12 bits per heavy atom. The lowest BCUT2D eigenvalue weighted by molar-refractivity contribution is -0.116. The Balaban J connectivity index is 1.76. The lowest BCUT2D eigenvalue weighted by Crippen LogP contribution is -2.32. The number of nitrogens with zero attached hydrogens (tertiary/aromatic N) is 2. The summed E-state index contributed by atoms with van der Waals surface area (Å²) in [5.41, 5.74) is 5.15. The predicted octanol–water partition coefficient (Wildman–Crippen LogP) is 4.16. The van der Waals surface area contributed by atoms with Crippen molar-refractivity contribution in [3.8, 4) is 16.9 Å². The molecule has 0 atom stereocenters. The summed E-state index contributed by atoms with van der Waals surface area (Å²) in [6, 6.07) is 12.1. The summed E-state index contributed by atoms with van der Waals surface area (Å²) >= 11 is 0. The Labute approximate surface area is 188 Å². The van der Waals surface area contributed by atoms with E-state index < -0.39 is 6.09 Å². The van der Waals surface area contributed by atoms with E-state index in [-0.39, 0.29) is 5.91 Å². The van der Waals surface area contributed by atoms with E-state index >= 15 is 0 Å². The molecule has 0 unspecified atom stereocenters. The highest BCUT2D eigenvalue weighted by molar-refractivity contribution is 5.94. The van der Waals surface area contributed by atoms with Crippen molar-refractivity contribution in [1.82, 2.24) is 4.90 Å².